The topological polar surface area (TPSA) is 109 Å². The number of hydrazone groups is 1. The van der Waals surface area contributed by atoms with E-state index in [1.165, 1.54) is 29.3 Å². The van der Waals surface area contributed by atoms with E-state index >= 15 is 0 Å². The third-order valence-electron chi connectivity index (χ3n) is 6.09. The summed E-state index contributed by atoms with van der Waals surface area (Å²) in [5.74, 6) is -1.75. The second kappa shape index (κ2) is 11.2. The van der Waals surface area contributed by atoms with Crippen molar-refractivity contribution < 1.29 is 23.5 Å². The number of nitrogens with two attached hydrogens (primary N) is 1. The van der Waals surface area contributed by atoms with Gasteiger partial charge < -0.3 is 15.4 Å². The number of hydrogen-bond donors (Lipinski definition) is 1. The van der Waals surface area contributed by atoms with Crippen LogP contribution < -0.4 is 10.7 Å². The highest BCUT2D eigenvalue weighted by molar-refractivity contribution is 6.40. The first-order valence-electron chi connectivity index (χ1n) is 11.4. The largest absolute Gasteiger partial charge is 0.466 e. The Morgan fingerprint density at radius 3 is 2.61 bits per heavy atom. The molecule has 0 aliphatic carbocycles. The van der Waals surface area contributed by atoms with Gasteiger partial charge in [-0.05, 0) is 57.1 Å². The number of benzene rings is 1. The van der Waals surface area contributed by atoms with Crippen LogP contribution in [0.1, 0.15) is 39.5 Å². The maximum absolute atomic E-state index is 13.5. The Labute approximate surface area is 193 Å². The monoisotopic (exact) mass is 461 g/mol. The van der Waals surface area contributed by atoms with Gasteiger partial charge in [-0.2, -0.15) is 5.10 Å². The van der Waals surface area contributed by atoms with E-state index in [0.717, 1.165) is 25.9 Å². The van der Waals surface area contributed by atoms with E-state index in [0.29, 0.717) is 12.2 Å². The van der Waals surface area contributed by atoms with Gasteiger partial charge in [-0.25, -0.2) is 4.39 Å². The number of likely N-dealkylation sites (N-methyl/N-ethyl adjacent to an activating group) is 1. The molecule has 180 valence electrons. The highest BCUT2D eigenvalue weighted by Crippen LogP contribution is 2.26. The van der Waals surface area contributed by atoms with Gasteiger partial charge in [0, 0.05) is 25.6 Å². The summed E-state index contributed by atoms with van der Waals surface area (Å²) in [5.41, 5.74) is 6.23. The van der Waals surface area contributed by atoms with Gasteiger partial charge in [0.1, 0.15) is 17.6 Å². The number of carbonyl (C=O) groups is 3. The highest BCUT2D eigenvalue weighted by atomic mass is 19.1. The zero-order valence-corrected chi connectivity index (χ0v) is 19.2. The molecule has 0 bridgehead atoms. The molecule has 1 fully saturated rings. The number of esters is 1. The summed E-state index contributed by atoms with van der Waals surface area (Å²) in [5, 5.41) is 5.76. The van der Waals surface area contributed by atoms with E-state index in [1.807, 2.05) is 0 Å². The van der Waals surface area contributed by atoms with Crippen LogP contribution in [0.15, 0.2) is 29.4 Å². The molecular weight excluding hydrogens is 429 g/mol. The Morgan fingerprint density at radius 1 is 1.24 bits per heavy atom. The molecule has 3 rings (SSSR count). The molecule has 0 spiro atoms. The van der Waals surface area contributed by atoms with Crippen LogP contribution in [-0.4, -0.2) is 78.2 Å². The van der Waals surface area contributed by atoms with Gasteiger partial charge in [0.25, 0.3) is 5.91 Å². The Bertz CT molecular complexity index is 891. The summed E-state index contributed by atoms with van der Waals surface area (Å²) < 4.78 is 18.4. The lowest BCUT2D eigenvalue weighted by Gasteiger charge is -2.30. The third-order valence-corrected chi connectivity index (χ3v) is 6.09. The van der Waals surface area contributed by atoms with Crippen molar-refractivity contribution in [3.8, 4) is 0 Å². The van der Waals surface area contributed by atoms with Crippen LogP contribution >= 0.6 is 0 Å². The summed E-state index contributed by atoms with van der Waals surface area (Å²) in [6.07, 6.45) is 2.15. The van der Waals surface area contributed by atoms with Crippen LogP contribution in [0, 0.1) is 5.82 Å². The van der Waals surface area contributed by atoms with E-state index in [4.69, 9.17) is 10.5 Å². The third kappa shape index (κ3) is 6.07. The van der Waals surface area contributed by atoms with Crippen LogP contribution in [0.5, 0.6) is 0 Å². The second-order valence-corrected chi connectivity index (χ2v) is 8.22. The molecule has 1 saturated heterocycles. The fraction of sp³-hybridized carbons (Fsp3) is 0.565. The van der Waals surface area contributed by atoms with E-state index in [1.54, 1.807) is 11.8 Å². The number of nitrogens with zero attached hydrogens (tertiary/aromatic N) is 4. The molecule has 0 aromatic heterocycles. The lowest BCUT2D eigenvalue weighted by Crippen LogP contribution is -2.46. The number of amides is 2. The maximum Gasteiger partial charge on any atom is 0.307 e. The fourth-order valence-electron chi connectivity index (χ4n) is 4.38. The zero-order chi connectivity index (χ0) is 24.0. The predicted octanol–water partition coefficient (Wildman–Crippen LogP) is 1.51. The van der Waals surface area contributed by atoms with Gasteiger partial charge in [-0.15, -0.1) is 0 Å². The molecule has 10 heteroatoms. The SMILES string of the molecule is CCOC(=O)CCN(CC1CCCN1CC)C(=O)C1=NN(c2ccc(F)cc2)C(C(N)=O)C1. The van der Waals surface area contributed by atoms with Crippen molar-refractivity contribution in [2.24, 2.45) is 10.8 Å². The molecule has 9 nitrogen and oxygen atoms in total. The average Bonchev–Trinajstić information content (AvgIpc) is 3.44. The van der Waals surface area contributed by atoms with Crippen molar-refractivity contribution in [2.45, 2.75) is 51.6 Å². The molecule has 1 aromatic rings. The van der Waals surface area contributed by atoms with Crippen molar-refractivity contribution in [3.05, 3.63) is 30.1 Å². The number of hydrogen-bond acceptors (Lipinski definition) is 7. The molecule has 2 aliphatic heterocycles. The minimum atomic E-state index is -0.847. The van der Waals surface area contributed by atoms with E-state index < -0.39 is 17.8 Å². The summed E-state index contributed by atoms with van der Waals surface area (Å²) in [6, 6.07) is 4.83. The number of anilines is 1. The fourth-order valence-corrected chi connectivity index (χ4v) is 4.38. The molecule has 2 amide bonds. The van der Waals surface area contributed by atoms with Crippen molar-refractivity contribution >= 4 is 29.2 Å². The first-order chi connectivity index (χ1) is 15.8. The first kappa shape index (κ1) is 24.6. The molecule has 2 atom stereocenters. The van der Waals surface area contributed by atoms with E-state index in [9.17, 15) is 18.8 Å². The maximum atomic E-state index is 13.5. The molecule has 2 unspecified atom stereocenters. The molecule has 2 N–H and O–H groups in total. The lowest BCUT2D eigenvalue weighted by molar-refractivity contribution is -0.143. The van der Waals surface area contributed by atoms with Gasteiger partial charge >= 0.3 is 5.97 Å². The average molecular weight is 462 g/mol. The van der Waals surface area contributed by atoms with Crippen molar-refractivity contribution in [1.82, 2.24) is 9.80 Å². The Kier molecular flexibility index (Phi) is 8.37. The Balaban J connectivity index is 1.81. The molecular formula is C23H32FN5O4. The number of halogens is 1. The van der Waals surface area contributed by atoms with E-state index in [2.05, 4.69) is 16.9 Å². The zero-order valence-electron chi connectivity index (χ0n) is 19.2. The molecule has 2 aliphatic rings. The van der Waals surface area contributed by atoms with Crippen LogP contribution in [0.3, 0.4) is 0 Å². The number of primary amides is 1. The van der Waals surface area contributed by atoms with Crippen molar-refractivity contribution in [2.75, 3.05) is 37.8 Å². The van der Waals surface area contributed by atoms with Gasteiger partial charge in [-0.1, -0.05) is 6.92 Å². The summed E-state index contributed by atoms with van der Waals surface area (Å²) in [7, 11) is 0. The van der Waals surface area contributed by atoms with Gasteiger partial charge in [-0.3, -0.25) is 24.3 Å². The highest BCUT2D eigenvalue weighted by Gasteiger charge is 2.37. The lowest BCUT2D eigenvalue weighted by atomic mass is 10.1. The minimum Gasteiger partial charge on any atom is -0.466 e. The van der Waals surface area contributed by atoms with Crippen LogP contribution in [0.25, 0.3) is 0 Å². The van der Waals surface area contributed by atoms with Gasteiger partial charge in [0.05, 0.1) is 18.7 Å². The van der Waals surface area contributed by atoms with Crippen molar-refractivity contribution in [1.29, 1.82) is 0 Å². The van der Waals surface area contributed by atoms with Gasteiger partial charge in [0.15, 0.2) is 0 Å². The number of ether oxygens (including phenoxy) is 1. The smallest absolute Gasteiger partial charge is 0.307 e. The first-order valence-corrected chi connectivity index (χ1v) is 11.4. The number of carbonyl (C=O) groups excluding carboxylic acids is 3. The quantitative estimate of drug-likeness (QED) is 0.529. The number of rotatable bonds is 10. The van der Waals surface area contributed by atoms with Crippen LogP contribution in [0.2, 0.25) is 0 Å². The number of likely N-dealkylation sites (tertiary alicyclic amines) is 1. The molecule has 0 saturated carbocycles. The molecule has 1 aromatic carbocycles. The second-order valence-electron chi connectivity index (χ2n) is 8.22. The van der Waals surface area contributed by atoms with Crippen LogP contribution in [0.4, 0.5) is 10.1 Å². The molecule has 33 heavy (non-hydrogen) atoms. The van der Waals surface area contributed by atoms with E-state index in [-0.39, 0.29) is 49.6 Å². The Morgan fingerprint density at radius 2 is 1.97 bits per heavy atom. The predicted molar refractivity (Wildman–Crippen MR) is 122 cm³/mol. The molecule has 0 radical (unpaired) electrons. The van der Waals surface area contributed by atoms with Crippen LogP contribution in [-0.2, 0) is 19.1 Å². The molecule has 2 heterocycles. The minimum absolute atomic E-state index is 0.0452. The summed E-state index contributed by atoms with van der Waals surface area (Å²) in [6.45, 7) is 6.61. The van der Waals surface area contributed by atoms with Gasteiger partial charge in [0.2, 0.25) is 5.91 Å². The normalized spacial score (nSPS) is 20.6. The Hall–Kier alpha value is -3.01. The summed E-state index contributed by atoms with van der Waals surface area (Å²) in [4.78, 5) is 41.5. The van der Waals surface area contributed by atoms with Crippen molar-refractivity contribution in [3.63, 3.8) is 0 Å². The standard InChI is InChI=1S/C23H32FN5O4/c1-3-27-12-5-6-18(27)15-28(13-11-21(30)33-4-2)23(32)19-14-20(22(25)31)29(26-19)17-9-7-16(24)8-10-17/h7-10,18,20H,3-6,11-15H2,1-2H3,(H2,25,31). The summed E-state index contributed by atoms with van der Waals surface area (Å²) >= 11 is 0.